The highest BCUT2D eigenvalue weighted by Crippen LogP contribution is 2.32. The van der Waals surface area contributed by atoms with Crippen molar-refractivity contribution in [2.24, 2.45) is 0 Å². The van der Waals surface area contributed by atoms with Crippen molar-refractivity contribution < 1.29 is 14.3 Å². The van der Waals surface area contributed by atoms with Crippen molar-refractivity contribution in [3.05, 3.63) is 57.5 Å². The normalized spacial score (nSPS) is 18.6. The minimum Gasteiger partial charge on any atom is -0.454 e. The van der Waals surface area contributed by atoms with Crippen molar-refractivity contribution in [1.29, 1.82) is 0 Å². The maximum absolute atomic E-state index is 12.5. The molecule has 7 heteroatoms. The maximum atomic E-state index is 12.5. The highest BCUT2D eigenvalue weighted by atomic mass is 16.7. The van der Waals surface area contributed by atoms with E-state index < -0.39 is 0 Å². The Morgan fingerprint density at radius 3 is 2.90 bits per heavy atom. The predicted molar refractivity (Wildman–Crippen MR) is 109 cm³/mol. The van der Waals surface area contributed by atoms with Crippen LogP contribution in [0.4, 0.5) is 0 Å². The quantitative estimate of drug-likeness (QED) is 0.783. The molecule has 154 valence electrons. The molecule has 1 unspecified atom stereocenters. The van der Waals surface area contributed by atoms with E-state index in [9.17, 15) is 9.59 Å². The lowest BCUT2D eigenvalue weighted by Gasteiger charge is -2.35. The van der Waals surface area contributed by atoms with Gasteiger partial charge in [0, 0.05) is 24.8 Å². The SMILES string of the molecule is CCC1CCCCN1Cc1ccc(C(=O)NCc2ccc3c(c2)OCO3)c(=O)[nH]1. The molecule has 2 aliphatic rings. The molecule has 1 fully saturated rings. The van der Waals surface area contributed by atoms with E-state index in [0.717, 1.165) is 24.2 Å². The molecular formula is C22H27N3O4. The van der Waals surface area contributed by atoms with Crippen molar-refractivity contribution in [2.45, 2.75) is 51.7 Å². The number of carbonyl (C=O) groups is 1. The first-order valence-electron chi connectivity index (χ1n) is 10.3. The number of hydrogen-bond acceptors (Lipinski definition) is 5. The third kappa shape index (κ3) is 4.45. The average Bonchev–Trinajstić information content (AvgIpc) is 3.20. The predicted octanol–water partition coefficient (Wildman–Crippen LogP) is 2.80. The zero-order valence-corrected chi connectivity index (χ0v) is 16.7. The van der Waals surface area contributed by atoms with E-state index in [-0.39, 0.29) is 23.8 Å². The highest BCUT2D eigenvalue weighted by molar-refractivity contribution is 5.93. The smallest absolute Gasteiger partial charge is 0.261 e. The molecule has 7 nitrogen and oxygen atoms in total. The van der Waals surface area contributed by atoms with Gasteiger partial charge in [-0.2, -0.15) is 0 Å². The molecule has 2 aromatic rings. The van der Waals surface area contributed by atoms with E-state index in [1.165, 1.54) is 19.3 Å². The van der Waals surface area contributed by atoms with Gasteiger partial charge >= 0.3 is 0 Å². The van der Waals surface area contributed by atoms with E-state index >= 15 is 0 Å². The number of H-pyrrole nitrogens is 1. The first-order valence-corrected chi connectivity index (χ1v) is 10.3. The third-order valence-electron chi connectivity index (χ3n) is 5.70. The number of benzene rings is 1. The lowest BCUT2D eigenvalue weighted by molar-refractivity contribution is 0.0949. The van der Waals surface area contributed by atoms with E-state index in [2.05, 4.69) is 22.1 Å². The van der Waals surface area contributed by atoms with Crippen molar-refractivity contribution in [2.75, 3.05) is 13.3 Å². The minimum atomic E-state index is -0.389. The number of amides is 1. The largest absolute Gasteiger partial charge is 0.454 e. The first kappa shape index (κ1) is 19.5. The van der Waals surface area contributed by atoms with E-state index in [1.807, 2.05) is 24.3 Å². The van der Waals surface area contributed by atoms with Crippen LogP contribution >= 0.6 is 0 Å². The summed E-state index contributed by atoms with van der Waals surface area (Å²) in [5.74, 6) is 0.980. The zero-order valence-electron chi connectivity index (χ0n) is 16.7. The fourth-order valence-electron chi connectivity index (χ4n) is 4.06. The number of carbonyl (C=O) groups excluding carboxylic acids is 1. The van der Waals surface area contributed by atoms with Crippen LogP contribution in [-0.2, 0) is 13.1 Å². The Balaban J connectivity index is 1.38. The molecular weight excluding hydrogens is 370 g/mol. The van der Waals surface area contributed by atoms with Crippen molar-refractivity contribution in [3.8, 4) is 11.5 Å². The molecule has 1 atom stereocenters. The maximum Gasteiger partial charge on any atom is 0.261 e. The second kappa shape index (κ2) is 8.69. The summed E-state index contributed by atoms with van der Waals surface area (Å²) in [5.41, 5.74) is 1.50. The summed E-state index contributed by atoms with van der Waals surface area (Å²) in [6.45, 7) is 4.50. The molecule has 1 aromatic heterocycles. The molecule has 2 aliphatic heterocycles. The van der Waals surface area contributed by atoms with Crippen LogP contribution in [0.5, 0.6) is 11.5 Å². The van der Waals surface area contributed by atoms with Crippen LogP contribution in [0.2, 0.25) is 0 Å². The van der Waals surface area contributed by atoms with Gasteiger partial charge in [0.1, 0.15) is 5.56 Å². The van der Waals surface area contributed by atoms with Gasteiger partial charge in [-0.1, -0.05) is 19.4 Å². The third-order valence-corrected chi connectivity index (χ3v) is 5.70. The molecule has 2 N–H and O–H groups in total. The van der Waals surface area contributed by atoms with Crippen LogP contribution in [-0.4, -0.2) is 35.2 Å². The Morgan fingerprint density at radius 2 is 2.07 bits per heavy atom. The monoisotopic (exact) mass is 397 g/mol. The second-order valence-corrected chi connectivity index (χ2v) is 7.62. The van der Waals surface area contributed by atoms with E-state index in [0.29, 0.717) is 30.6 Å². The number of aromatic nitrogens is 1. The van der Waals surface area contributed by atoms with Gasteiger partial charge < -0.3 is 19.8 Å². The molecule has 1 amide bonds. The van der Waals surface area contributed by atoms with Gasteiger partial charge in [0.2, 0.25) is 6.79 Å². The van der Waals surface area contributed by atoms with Crippen molar-refractivity contribution in [1.82, 2.24) is 15.2 Å². The number of fused-ring (bicyclic) bond motifs is 1. The number of hydrogen-bond donors (Lipinski definition) is 2. The lowest BCUT2D eigenvalue weighted by Crippen LogP contribution is -2.39. The standard InChI is InChI=1S/C22H27N3O4/c1-2-17-5-3-4-10-25(17)13-16-7-8-18(22(27)24-16)21(26)23-12-15-6-9-19-20(11-15)29-14-28-19/h6-9,11,17H,2-5,10,12-14H2,1H3,(H,23,26)(H,24,27). The Bertz CT molecular complexity index is 940. The fourth-order valence-corrected chi connectivity index (χ4v) is 4.06. The van der Waals surface area contributed by atoms with Crippen LogP contribution in [0.15, 0.2) is 35.1 Å². The van der Waals surface area contributed by atoms with E-state index in [4.69, 9.17) is 9.47 Å². The zero-order chi connectivity index (χ0) is 20.2. The topological polar surface area (TPSA) is 83.7 Å². The van der Waals surface area contributed by atoms with Gasteiger partial charge in [-0.3, -0.25) is 14.5 Å². The fraction of sp³-hybridized carbons (Fsp3) is 0.455. The summed E-state index contributed by atoms with van der Waals surface area (Å²) >= 11 is 0. The number of ether oxygens (including phenoxy) is 2. The molecule has 0 saturated carbocycles. The molecule has 1 saturated heterocycles. The molecule has 3 heterocycles. The van der Waals surface area contributed by atoms with Gasteiger partial charge in [0.05, 0.1) is 0 Å². The van der Waals surface area contributed by atoms with Crippen LogP contribution < -0.4 is 20.3 Å². The number of nitrogens with one attached hydrogen (secondary N) is 2. The van der Waals surface area contributed by atoms with Gasteiger partial charge in [-0.25, -0.2) is 0 Å². The Labute approximate surface area is 170 Å². The molecule has 4 rings (SSSR count). The number of aromatic amines is 1. The molecule has 1 aromatic carbocycles. The van der Waals surface area contributed by atoms with Crippen molar-refractivity contribution >= 4 is 5.91 Å². The second-order valence-electron chi connectivity index (χ2n) is 7.62. The number of rotatable bonds is 6. The summed E-state index contributed by atoms with van der Waals surface area (Å²) in [5, 5.41) is 2.80. The first-order chi connectivity index (χ1) is 14.1. The van der Waals surface area contributed by atoms with Crippen LogP contribution in [0, 0.1) is 0 Å². The number of pyridine rings is 1. The summed E-state index contributed by atoms with van der Waals surface area (Å²) < 4.78 is 10.6. The number of likely N-dealkylation sites (tertiary alicyclic amines) is 1. The molecule has 0 radical (unpaired) electrons. The Kier molecular flexibility index (Phi) is 5.85. The minimum absolute atomic E-state index is 0.125. The van der Waals surface area contributed by atoms with Gasteiger partial charge in [0.15, 0.2) is 11.5 Å². The average molecular weight is 397 g/mol. The highest BCUT2D eigenvalue weighted by Gasteiger charge is 2.21. The lowest BCUT2D eigenvalue weighted by atomic mass is 10.00. The molecule has 29 heavy (non-hydrogen) atoms. The number of piperidine rings is 1. The molecule has 0 bridgehead atoms. The van der Waals surface area contributed by atoms with Gasteiger partial charge in [-0.15, -0.1) is 0 Å². The molecule has 0 spiro atoms. The summed E-state index contributed by atoms with van der Waals surface area (Å²) in [6, 6.07) is 9.54. The van der Waals surface area contributed by atoms with Crippen LogP contribution in [0.1, 0.15) is 54.2 Å². The van der Waals surface area contributed by atoms with Crippen LogP contribution in [0.3, 0.4) is 0 Å². The van der Waals surface area contributed by atoms with Gasteiger partial charge in [-0.05, 0) is 55.6 Å². The summed E-state index contributed by atoms with van der Waals surface area (Å²) in [7, 11) is 0. The Hall–Kier alpha value is -2.80. The summed E-state index contributed by atoms with van der Waals surface area (Å²) in [4.78, 5) is 30.3. The number of nitrogens with zero attached hydrogens (tertiary/aromatic N) is 1. The van der Waals surface area contributed by atoms with Gasteiger partial charge in [0.25, 0.3) is 11.5 Å². The summed E-state index contributed by atoms with van der Waals surface area (Å²) in [6.07, 6.45) is 4.79. The molecule has 0 aliphatic carbocycles. The van der Waals surface area contributed by atoms with E-state index in [1.54, 1.807) is 6.07 Å². The Morgan fingerprint density at radius 1 is 1.21 bits per heavy atom. The van der Waals surface area contributed by atoms with Crippen molar-refractivity contribution in [3.63, 3.8) is 0 Å². The van der Waals surface area contributed by atoms with Crippen LogP contribution in [0.25, 0.3) is 0 Å².